The van der Waals surface area contributed by atoms with Crippen LogP contribution >= 0.6 is 0 Å². The number of likely N-dealkylation sites (N-methyl/N-ethyl adjacent to an activating group) is 1. The molecule has 18 heavy (non-hydrogen) atoms. The van der Waals surface area contributed by atoms with Gasteiger partial charge in [0.1, 0.15) is 0 Å². The van der Waals surface area contributed by atoms with Gasteiger partial charge in [0.05, 0.1) is 17.6 Å². The number of benzene rings is 1. The van der Waals surface area contributed by atoms with Gasteiger partial charge >= 0.3 is 0 Å². The molecule has 3 nitrogen and oxygen atoms in total. The lowest BCUT2D eigenvalue weighted by Gasteiger charge is -2.16. The predicted molar refractivity (Wildman–Crippen MR) is 75.1 cm³/mol. The molecule has 2 rings (SSSR count). The van der Waals surface area contributed by atoms with Gasteiger partial charge in [-0.2, -0.15) is 0 Å². The predicted octanol–water partition coefficient (Wildman–Crippen LogP) is 2.34. The van der Waals surface area contributed by atoms with Gasteiger partial charge in [-0.05, 0) is 31.2 Å². The van der Waals surface area contributed by atoms with Crippen LogP contribution in [0, 0.1) is 0 Å². The maximum Gasteiger partial charge on any atom is 0.0545 e. The summed E-state index contributed by atoms with van der Waals surface area (Å²) in [7, 11) is 2.11. The smallest absolute Gasteiger partial charge is 0.0545 e. The molecule has 0 radical (unpaired) electrons. The summed E-state index contributed by atoms with van der Waals surface area (Å²) in [5.74, 6) is 0. The lowest BCUT2D eigenvalue weighted by atomic mass is 10.1. The normalized spacial score (nSPS) is 10.8. The van der Waals surface area contributed by atoms with Crippen molar-refractivity contribution >= 4 is 5.69 Å². The molecule has 0 saturated heterocycles. The average molecular weight is 241 g/mol. The molecule has 2 N–H and O–H groups in total. The van der Waals surface area contributed by atoms with E-state index in [2.05, 4.69) is 41.2 Å². The molecule has 1 aromatic heterocycles. The monoisotopic (exact) mass is 241 g/mol. The van der Waals surface area contributed by atoms with Gasteiger partial charge in [0.2, 0.25) is 0 Å². The standard InChI is InChI=1S/C15H19N3/c1-18(10-9-13-5-3-2-4-6-13)12-15-8-7-14(16)11-17-15/h2-8,11H,9-10,12,16H2,1H3. The molecule has 94 valence electrons. The molecule has 1 heterocycles. The van der Waals surface area contributed by atoms with Crippen LogP contribution in [0.2, 0.25) is 0 Å². The Hall–Kier alpha value is -1.87. The number of hydrogen-bond acceptors (Lipinski definition) is 3. The molecule has 0 atom stereocenters. The lowest BCUT2D eigenvalue weighted by Crippen LogP contribution is -2.21. The molecular weight excluding hydrogens is 222 g/mol. The Balaban J connectivity index is 1.82. The summed E-state index contributed by atoms with van der Waals surface area (Å²) in [5, 5.41) is 0. The first-order valence-corrected chi connectivity index (χ1v) is 6.17. The zero-order valence-electron chi connectivity index (χ0n) is 10.7. The highest BCUT2D eigenvalue weighted by Gasteiger charge is 2.02. The SMILES string of the molecule is CN(CCc1ccccc1)Cc1ccc(N)cn1. The number of nitrogens with zero attached hydrogens (tertiary/aromatic N) is 2. The third-order valence-electron chi connectivity index (χ3n) is 2.90. The second kappa shape index (κ2) is 6.17. The maximum absolute atomic E-state index is 5.62. The Morgan fingerprint density at radius 2 is 1.89 bits per heavy atom. The minimum atomic E-state index is 0.714. The first kappa shape index (κ1) is 12.6. The van der Waals surface area contributed by atoms with Crippen molar-refractivity contribution in [3.05, 3.63) is 59.9 Å². The first-order chi connectivity index (χ1) is 8.74. The van der Waals surface area contributed by atoms with Crippen molar-refractivity contribution in [2.75, 3.05) is 19.3 Å². The molecule has 0 saturated carbocycles. The molecule has 0 aliphatic heterocycles. The van der Waals surface area contributed by atoms with E-state index in [1.165, 1.54) is 5.56 Å². The van der Waals surface area contributed by atoms with Crippen LogP contribution < -0.4 is 5.73 Å². The van der Waals surface area contributed by atoms with E-state index in [1.54, 1.807) is 6.20 Å². The van der Waals surface area contributed by atoms with Crippen LogP contribution in [0.25, 0.3) is 0 Å². The topological polar surface area (TPSA) is 42.1 Å². The highest BCUT2D eigenvalue weighted by atomic mass is 15.1. The van der Waals surface area contributed by atoms with Gasteiger partial charge in [-0.25, -0.2) is 0 Å². The van der Waals surface area contributed by atoms with Crippen LogP contribution in [0.15, 0.2) is 48.7 Å². The van der Waals surface area contributed by atoms with Crippen LogP contribution in [0.5, 0.6) is 0 Å². The molecule has 3 heteroatoms. The lowest BCUT2D eigenvalue weighted by molar-refractivity contribution is 0.327. The van der Waals surface area contributed by atoms with E-state index in [9.17, 15) is 0 Å². The number of rotatable bonds is 5. The van der Waals surface area contributed by atoms with Crippen LogP contribution in [-0.2, 0) is 13.0 Å². The summed E-state index contributed by atoms with van der Waals surface area (Å²) < 4.78 is 0. The zero-order valence-corrected chi connectivity index (χ0v) is 10.7. The van der Waals surface area contributed by atoms with Crippen molar-refractivity contribution in [2.45, 2.75) is 13.0 Å². The highest BCUT2D eigenvalue weighted by Crippen LogP contribution is 2.05. The third kappa shape index (κ3) is 3.86. The zero-order chi connectivity index (χ0) is 12.8. The Morgan fingerprint density at radius 1 is 1.11 bits per heavy atom. The van der Waals surface area contributed by atoms with Crippen molar-refractivity contribution in [2.24, 2.45) is 0 Å². The number of hydrogen-bond donors (Lipinski definition) is 1. The maximum atomic E-state index is 5.62. The van der Waals surface area contributed by atoms with E-state index in [1.807, 2.05) is 18.2 Å². The Bertz CT molecular complexity index is 465. The minimum Gasteiger partial charge on any atom is -0.397 e. The first-order valence-electron chi connectivity index (χ1n) is 6.17. The number of nitrogens with two attached hydrogens (primary N) is 1. The molecule has 1 aromatic carbocycles. The van der Waals surface area contributed by atoms with Gasteiger partial charge in [-0.1, -0.05) is 30.3 Å². The van der Waals surface area contributed by atoms with Gasteiger partial charge in [0.15, 0.2) is 0 Å². The van der Waals surface area contributed by atoms with E-state index in [4.69, 9.17) is 5.73 Å². The molecule has 0 bridgehead atoms. The van der Waals surface area contributed by atoms with E-state index in [-0.39, 0.29) is 0 Å². The molecule has 0 unspecified atom stereocenters. The van der Waals surface area contributed by atoms with Crippen LogP contribution in [-0.4, -0.2) is 23.5 Å². The summed E-state index contributed by atoms with van der Waals surface area (Å²) in [4.78, 5) is 6.58. The average Bonchev–Trinajstić information content (AvgIpc) is 2.40. The summed E-state index contributed by atoms with van der Waals surface area (Å²) in [6.45, 7) is 1.88. The minimum absolute atomic E-state index is 0.714. The Morgan fingerprint density at radius 3 is 2.56 bits per heavy atom. The summed E-state index contributed by atoms with van der Waals surface area (Å²) in [5.41, 5.74) is 8.76. The molecule has 0 amide bonds. The van der Waals surface area contributed by atoms with Gasteiger partial charge in [0.25, 0.3) is 0 Å². The van der Waals surface area contributed by atoms with Crippen molar-refractivity contribution in [3.8, 4) is 0 Å². The fourth-order valence-electron chi connectivity index (χ4n) is 1.85. The van der Waals surface area contributed by atoms with Crippen LogP contribution in [0.3, 0.4) is 0 Å². The van der Waals surface area contributed by atoms with Crippen molar-refractivity contribution in [1.82, 2.24) is 9.88 Å². The van der Waals surface area contributed by atoms with E-state index in [0.717, 1.165) is 25.2 Å². The van der Waals surface area contributed by atoms with Gasteiger partial charge < -0.3 is 10.6 Å². The molecule has 2 aromatic rings. The third-order valence-corrected chi connectivity index (χ3v) is 2.90. The van der Waals surface area contributed by atoms with Crippen molar-refractivity contribution in [3.63, 3.8) is 0 Å². The summed E-state index contributed by atoms with van der Waals surface area (Å²) in [6, 6.07) is 14.4. The van der Waals surface area contributed by atoms with Crippen LogP contribution in [0.4, 0.5) is 5.69 Å². The number of anilines is 1. The van der Waals surface area contributed by atoms with E-state index < -0.39 is 0 Å². The molecule has 0 aliphatic carbocycles. The number of pyridine rings is 1. The molecule has 0 aliphatic rings. The molecule has 0 spiro atoms. The van der Waals surface area contributed by atoms with Crippen molar-refractivity contribution in [1.29, 1.82) is 0 Å². The highest BCUT2D eigenvalue weighted by molar-refractivity contribution is 5.34. The van der Waals surface area contributed by atoms with Crippen molar-refractivity contribution < 1.29 is 0 Å². The number of aromatic nitrogens is 1. The largest absolute Gasteiger partial charge is 0.397 e. The fraction of sp³-hybridized carbons (Fsp3) is 0.267. The fourth-order valence-corrected chi connectivity index (χ4v) is 1.85. The second-order valence-electron chi connectivity index (χ2n) is 4.56. The second-order valence-corrected chi connectivity index (χ2v) is 4.56. The quantitative estimate of drug-likeness (QED) is 0.873. The molecular formula is C15H19N3. The van der Waals surface area contributed by atoms with E-state index >= 15 is 0 Å². The Labute approximate surface area is 108 Å². The molecule has 0 fully saturated rings. The Kier molecular flexibility index (Phi) is 4.31. The summed E-state index contributed by atoms with van der Waals surface area (Å²) >= 11 is 0. The number of nitrogen functional groups attached to an aromatic ring is 1. The summed E-state index contributed by atoms with van der Waals surface area (Å²) in [6.07, 6.45) is 2.77. The van der Waals surface area contributed by atoms with Gasteiger partial charge in [-0.3, -0.25) is 4.98 Å². The van der Waals surface area contributed by atoms with Gasteiger partial charge in [0, 0.05) is 13.1 Å². The van der Waals surface area contributed by atoms with E-state index in [0.29, 0.717) is 5.69 Å². The van der Waals surface area contributed by atoms with Crippen LogP contribution in [0.1, 0.15) is 11.3 Å². The van der Waals surface area contributed by atoms with Gasteiger partial charge in [-0.15, -0.1) is 0 Å².